The van der Waals surface area contributed by atoms with Crippen LogP contribution < -0.4 is 14.8 Å². The fourth-order valence-corrected chi connectivity index (χ4v) is 2.84. The average Bonchev–Trinajstić information content (AvgIpc) is 3.11. The second kappa shape index (κ2) is 6.65. The second-order valence-corrected chi connectivity index (χ2v) is 5.66. The molecule has 5 heteroatoms. The van der Waals surface area contributed by atoms with Gasteiger partial charge in [0, 0.05) is 18.0 Å². The molecule has 124 valence electrons. The van der Waals surface area contributed by atoms with Gasteiger partial charge in [0.15, 0.2) is 11.5 Å². The lowest BCUT2D eigenvalue weighted by molar-refractivity contribution is -0.116. The first-order chi connectivity index (χ1) is 12.3. The Labute approximate surface area is 145 Å². The zero-order valence-corrected chi connectivity index (χ0v) is 13.4. The normalized spacial score (nSPS) is 13.3. The molecule has 1 amide bonds. The highest BCUT2D eigenvalue weighted by atomic mass is 16.7. The number of carbonyl (C=O) groups is 1. The lowest BCUT2D eigenvalue weighted by Gasteiger charge is -2.17. The van der Waals surface area contributed by atoms with Crippen molar-refractivity contribution >= 4 is 11.6 Å². The van der Waals surface area contributed by atoms with E-state index in [1.165, 1.54) is 0 Å². The van der Waals surface area contributed by atoms with Gasteiger partial charge in [0.1, 0.15) is 5.92 Å². The monoisotopic (exact) mass is 332 g/mol. The highest BCUT2D eigenvalue weighted by molar-refractivity contribution is 5.98. The van der Waals surface area contributed by atoms with Gasteiger partial charge in [-0.15, -0.1) is 0 Å². The first kappa shape index (κ1) is 15.2. The zero-order chi connectivity index (χ0) is 17.1. The van der Waals surface area contributed by atoms with Crippen molar-refractivity contribution in [2.45, 2.75) is 5.92 Å². The summed E-state index contributed by atoms with van der Waals surface area (Å²) in [7, 11) is 0. The third kappa shape index (κ3) is 3.17. The summed E-state index contributed by atoms with van der Waals surface area (Å²) >= 11 is 0. The molecule has 1 unspecified atom stereocenters. The standard InChI is InChI=1S/C20H16N2O3/c23-20(22-15-9-10-17-18(12-15)25-13-24-17)19(14-6-2-1-3-7-14)16-8-4-5-11-21-16/h1-12,19H,13H2,(H,22,23). The quantitative estimate of drug-likeness (QED) is 0.793. The van der Waals surface area contributed by atoms with Crippen molar-refractivity contribution in [3.8, 4) is 11.5 Å². The molecule has 25 heavy (non-hydrogen) atoms. The van der Waals surface area contributed by atoms with Crippen LogP contribution in [0.5, 0.6) is 11.5 Å². The Hall–Kier alpha value is -3.34. The maximum atomic E-state index is 13.0. The number of rotatable bonds is 4. The predicted octanol–water partition coefficient (Wildman–Crippen LogP) is 3.58. The van der Waals surface area contributed by atoms with Crippen LogP contribution in [0.25, 0.3) is 0 Å². The van der Waals surface area contributed by atoms with E-state index < -0.39 is 5.92 Å². The zero-order valence-electron chi connectivity index (χ0n) is 13.4. The molecule has 0 saturated carbocycles. The average molecular weight is 332 g/mol. The van der Waals surface area contributed by atoms with E-state index in [9.17, 15) is 4.79 Å². The third-order valence-corrected chi connectivity index (χ3v) is 4.02. The van der Waals surface area contributed by atoms with Crippen molar-refractivity contribution < 1.29 is 14.3 Å². The summed E-state index contributed by atoms with van der Waals surface area (Å²) in [6.45, 7) is 0.202. The Morgan fingerprint density at radius 1 is 0.960 bits per heavy atom. The molecular formula is C20H16N2O3. The fraction of sp³-hybridized carbons (Fsp3) is 0.100. The van der Waals surface area contributed by atoms with Crippen LogP contribution in [0.4, 0.5) is 5.69 Å². The number of aromatic nitrogens is 1. The first-order valence-electron chi connectivity index (χ1n) is 7.97. The van der Waals surface area contributed by atoms with Crippen molar-refractivity contribution in [1.82, 2.24) is 4.98 Å². The summed E-state index contributed by atoms with van der Waals surface area (Å²) in [5.41, 5.74) is 2.25. The van der Waals surface area contributed by atoms with Crippen LogP contribution in [-0.2, 0) is 4.79 Å². The van der Waals surface area contributed by atoms with Gasteiger partial charge in [-0.2, -0.15) is 0 Å². The molecule has 1 N–H and O–H groups in total. The lowest BCUT2D eigenvalue weighted by Crippen LogP contribution is -2.23. The van der Waals surface area contributed by atoms with Gasteiger partial charge in [0.25, 0.3) is 0 Å². The smallest absolute Gasteiger partial charge is 0.237 e. The highest BCUT2D eigenvalue weighted by Crippen LogP contribution is 2.34. The van der Waals surface area contributed by atoms with E-state index in [0.717, 1.165) is 5.56 Å². The van der Waals surface area contributed by atoms with E-state index >= 15 is 0 Å². The number of hydrogen-bond acceptors (Lipinski definition) is 4. The van der Waals surface area contributed by atoms with Crippen molar-refractivity contribution in [3.63, 3.8) is 0 Å². The number of carbonyl (C=O) groups excluding carboxylic acids is 1. The SMILES string of the molecule is O=C(Nc1ccc2c(c1)OCO2)C(c1ccccc1)c1ccccn1. The molecule has 0 spiro atoms. The minimum absolute atomic E-state index is 0.149. The first-order valence-corrected chi connectivity index (χ1v) is 7.97. The van der Waals surface area contributed by atoms with E-state index in [-0.39, 0.29) is 12.7 Å². The van der Waals surface area contributed by atoms with Gasteiger partial charge in [-0.25, -0.2) is 0 Å². The molecule has 1 atom stereocenters. The van der Waals surface area contributed by atoms with Gasteiger partial charge in [-0.1, -0.05) is 36.4 Å². The molecule has 0 fully saturated rings. The van der Waals surface area contributed by atoms with Gasteiger partial charge in [0.05, 0.1) is 5.69 Å². The summed E-state index contributed by atoms with van der Waals surface area (Å²) in [5, 5.41) is 2.95. The van der Waals surface area contributed by atoms with Crippen LogP contribution in [0, 0.1) is 0 Å². The maximum Gasteiger partial charge on any atom is 0.237 e. The molecule has 3 aromatic rings. The number of anilines is 1. The van der Waals surface area contributed by atoms with E-state index in [2.05, 4.69) is 10.3 Å². The molecule has 5 nitrogen and oxygen atoms in total. The second-order valence-electron chi connectivity index (χ2n) is 5.66. The van der Waals surface area contributed by atoms with Gasteiger partial charge in [-0.3, -0.25) is 9.78 Å². The van der Waals surface area contributed by atoms with E-state index in [1.807, 2.05) is 48.5 Å². The Balaban J connectivity index is 1.64. The van der Waals surface area contributed by atoms with Gasteiger partial charge in [-0.05, 0) is 29.8 Å². The summed E-state index contributed by atoms with van der Waals surface area (Å²) in [4.78, 5) is 17.4. The number of fused-ring (bicyclic) bond motifs is 1. The number of benzene rings is 2. The summed E-state index contributed by atoms with van der Waals surface area (Å²) in [6, 6.07) is 20.5. The molecule has 0 bridgehead atoms. The van der Waals surface area contributed by atoms with E-state index in [1.54, 1.807) is 24.4 Å². The van der Waals surface area contributed by atoms with E-state index in [4.69, 9.17) is 9.47 Å². The van der Waals surface area contributed by atoms with E-state index in [0.29, 0.717) is 22.9 Å². The molecule has 1 aliphatic heterocycles. The highest BCUT2D eigenvalue weighted by Gasteiger charge is 2.24. The van der Waals surface area contributed by atoms with Crippen LogP contribution in [0.3, 0.4) is 0 Å². The Bertz CT molecular complexity index is 842. The lowest BCUT2D eigenvalue weighted by atomic mass is 9.94. The number of pyridine rings is 1. The summed E-state index contributed by atoms with van der Waals surface area (Å²) in [6.07, 6.45) is 1.69. The summed E-state index contributed by atoms with van der Waals surface area (Å²) in [5.74, 6) is 0.672. The van der Waals surface area contributed by atoms with Crippen molar-refractivity contribution in [1.29, 1.82) is 0 Å². The van der Waals surface area contributed by atoms with Gasteiger partial charge in [0.2, 0.25) is 12.7 Å². The number of nitrogens with zero attached hydrogens (tertiary/aromatic N) is 1. The largest absolute Gasteiger partial charge is 0.454 e. The minimum Gasteiger partial charge on any atom is -0.454 e. The molecule has 0 saturated heterocycles. The Morgan fingerprint density at radius 2 is 1.76 bits per heavy atom. The van der Waals surface area contributed by atoms with Gasteiger partial charge < -0.3 is 14.8 Å². The number of nitrogens with one attached hydrogen (secondary N) is 1. The van der Waals surface area contributed by atoms with Crippen LogP contribution in [-0.4, -0.2) is 17.7 Å². The van der Waals surface area contributed by atoms with Crippen LogP contribution in [0.2, 0.25) is 0 Å². The number of hydrogen-bond donors (Lipinski definition) is 1. The van der Waals surface area contributed by atoms with Crippen LogP contribution >= 0.6 is 0 Å². The molecule has 1 aliphatic rings. The molecule has 4 rings (SSSR count). The molecule has 2 aromatic carbocycles. The van der Waals surface area contributed by atoms with Crippen molar-refractivity contribution in [3.05, 3.63) is 84.2 Å². The van der Waals surface area contributed by atoms with Crippen LogP contribution in [0.15, 0.2) is 72.9 Å². The Morgan fingerprint density at radius 3 is 2.56 bits per heavy atom. The topological polar surface area (TPSA) is 60.5 Å². The van der Waals surface area contributed by atoms with Crippen LogP contribution in [0.1, 0.15) is 17.2 Å². The number of amides is 1. The molecule has 0 aliphatic carbocycles. The van der Waals surface area contributed by atoms with Gasteiger partial charge >= 0.3 is 0 Å². The molecule has 0 radical (unpaired) electrons. The Kier molecular flexibility index (Phi) is 4.04. The molecule has 2 heterocycles. The molecule has 1 aromatic heterocycles. The fourth-order valence-electron chi connectivity index (χ4n) is 2.84. The maximum absolute atomic E-state index is 13.0. The molecular weight excluding hydrogens is 316 g/mol. The summed E-state index contributed by atoms with van der Waals surface area (Å²) < 4.78 is 10.7. The predicted molar refractivity (Wildman–Crippen MR) is 93.7 cm³/mol. The minimum atomic E-state index is -0.493. The van der Waals surface area contributed by atoms with Crippen molar-refractivity contribution in [2.24, 2.45) is 0 Å². The number of ether oxygens (including phenoxy) is 2. The third-order valence-electron chi connectivity index (χ3n) is 4.02. The van der Waals surface area contributed by atoms with Crippen molar-refractivity contribution in [2.75, 3.05) is 12.1 Å².